The number of halogens is 2. The zero-order chi connectivity index (χ0) is 27.4. The van der Waals surface area contributed by atoms with Gasteiger partial charge in [0.25, 0.3) is 0 Å². The topological polar surface area (TPSA) is 65.6 Å². The van der Waals surface area contributed by atoms with Crippen molar-refractivity contribution >= 4 is 40.2 Å². The highest BCUT2D eigenvalue weighted by molar-refractivity contribution is 6.31. The van der Waals surface area contributed by atoms with Crippen molar-refractivity contribution in [3.8, 4) is 0 Å². The van der Waals surface area contributed by atoms with E-state index < -0.39 is 6.09 Å². The molecular weight excluding hydrogens is 519 g/mol. The second-order valence-corrected chi connectivity index (χ2v) is 11.2. The molecule has 0 saturated carbocycles. The summed E-state index contributed by atoms with van der Waals surface area (Å²) in [6.45, 7) is 10.2. The highest BCUT2D eigenvalue weighted by atomic mass is 35.5. The molecule has 2 heterocycles. The van der Waals surface area contributed by atoms with E-state index in [2.05, 4.69) is 30.6 Å². The molecule has 0 aliphatic carbocycles. The van der Waals surface area contributed by atoms with Gasteiger partial charge in [-0.15, -0.1) is 18.2 Å². The van der Waals surface area contributed by atoms with Gasteiger partial charge in [-0.1, -0.05) is 42.8 Å². The molecule has 2 aromatic carbocycles. The Morgan fingerprint density at radius 1 is 1.32 bits per heavy atom. The maximum Gasteiger partial charge on any atom is 0.415 e. The Morgan fingerprint density at radius 2 is 2.11 bits per heavy atom. The Morgan fingerprint density at radius 3 is 2.79 bits per heavy atom. The van der Waals surface area contributed by atoms with Crippen molar-refractivity contribution in [1.29, 1.82) is 0 Å². The fraction of sp³-hybridized carbons (Fsp3) is 0.387. The van der Waals surface area contributed by atoms with Gasteiger partial charge in [-0.2, -0.15) is 0 Å². The number of hydrogen-bond acceptors (Lipinski definition) is 3. The number of aromatic nitrogens is 1. The van der Waals surface area contributed by atoms with Crippen LogP contribution >= 0.6 is 23.2 Å². The fourth-order valence-electron chi connectivity index (χ4n) is 5.14. The molecule has 0 bridgehead atoms. The van der Waals surface area contributed by atoms with Crippen molar-refractivity contribution in [2.75, 3.05) is 6.54 Å². The number of aliphatic hydroxyl groups is 1. The van der Waals surface area contributed by atoms with E-state index in [1.165, 1.54) is 5.56 Å². The molecule has 3 unspecified atom stereocenters. The third-order valence-electron chi connectivity index (χ3n) is 7.13. The van der Waals surface area contributed by atoms with Gasteiger partial charge in [0.2, 0.25) is 0 Å². The van der Waals surface area contributed by atoms with Gasteiger partial charge >= 0.3 is 6.09 Å². The van der Waals surface area contributed by atoms with E-state index in [0.29, 0.717) is 49.4 Å². The average molecular weight is 556 g/mol. The van der Waals surface area contributed by atoms with Crippen molar-refractivity contribution in [1.82, 2.24) is 9.88 Å². The van der Waals surface area contributed by atoms with E-state index in [0.717, 1.165) is 33.3 Å². The van der Waals surface area contributed by atoms with Crippen LogP contribution in [0.4, 0.5) is 4.79 Å². The fourth-order valence-corrected chi connectivity index (χ4v) is 5.40. The summed E-state index contributed by atoms with van der Waals surface area (Å²) in [5.41, 5.74) is 6.26. The summed E-state index contributed by atoms with van der Waals surface area (Å²) in [4.78, 5) is 19.1. The molecule has 0 saturated heterocycles. The van der Waals surface area contributed by atoms with Gasteiger partial charge in [0.05, 0.1) is 6.10 Å². The average Bonchev–Trinajstić information content (AvgIpc) is 3.25. The maximum atomic E-state index is 13.7. The molecule has 0 spiro atoms. The molecule has 3 atom stereocenters. The van der Waals surface area contributed by atoms with Crippen LogP contribution in [-0.4, -0.2) is 39.1 Å². The molecule has 38 heavy (non-hydrogen) atoms. The van der Waals surface area contributed by atoms with E-state index in [1.807, 2.05) is 44.2 Å². The summed E-state index contributed by atoms with van der Waals surface area (Å²) in [7, 11) is 0. The van der Waals surface area contributed by atoms with Crippen LogP contribution in [0.3, 0.4) is 0 Å². The first-order chi connectivity index (χ1) is 18.2. The monoisotopic (exact) mass is 554 g/mol. The number of aromatic amines is 1. The molecule has 3 aromatic rings. The first-order valence-corrected chi connectivity index (χ1v) is 14.0. The minimum absolute atomic E-state index is 0.0654. The van der Waals surface area contributed by atoms with E-state index in [9.17, 15) is 9.90 Å². The molecular formula is C31H36Cl2N2O3. The van der Waals surface area contributed by atoms with Crippen LogP contribution in [0.15, 0.2) is 60.9 Å². The number of carbonyl (C=O) groups excluding carboxylic acids is 1. The Hall–Kier alpha value is -2.73. The summed E-state index contributed by atoms with van der Waals surface area (Å²) in [6.07, 6.45) is 5.82. The van der Waals surface area contributed by atoms with E-state index in [1.54, 1.807) is 11.0 Å². The highest BCUT2D eigenvalue weighted by Gasteiger charge is 2.36. The van der Waals surface area contributed by atoms with Crippen LogP contribution in [0.5, 0.6) is 0 Å². The van der Waals surface area contributed by atoms with E-state index in [-0.39, 0.29) is 17.5 Å². The Labute approximate surface area is 235 Å². The number of rotatable bonds is 9. The minimum atomic E-state index is -0.405. The molecule has 2 N–H and O–H groups in total. The molecule has 1 aliphatic rings. The number of nitrogens with zero attached hydrogens (tertiary/aromatic N) is 1. The van der Waals surface area contributed by atoms with Crippen LogP contribution in [0.2, 0.25) is 5.02 Å². The van der Waals surface area contributed by atoms with Gasteiger partial charge in [0.1, 0.15) is 11.8 Å². The normalized spacial score (nSPS) is 17.3. The van der Waals surface area contributed by atoms with Crippen molar-refractivity contribution in [2.45, 2.75) is 70.4 Å². The lowest BCUT2D eigenvalue weighted by molar-refractivity contribution is 0.111. The van der Waals surface area contributed by atoms with Crippen LogP contribution < -0.4 is 0 Å². The van der Waals surface area contributed by atoms with E-state index in [4.69, 9.17) is 27.9 Å². The molecule has 1 amide bonds. The maximum absolute atomic E-state index is 13.7. The third kappa shape index (κ3) is 6.28. The largest absolute Gasteiger partial charge is 0.415 e. The number of hydrogen-bond donors (Lipinski definition) is 2. The van der Waals surface area contributed by atoms with Crippen LogP contribution in [0.25, 0.3) is 10.9 Å². The Balaban J connectivity index is 1.76. The Kier molecular flexibility index (Phi) is 9.24. The lowest BCUT2D eigenvalue weighted by Gasteiger charge is -2.36. The third-order valence-corrected chi connectivity index (χ3v) is 7.54. The van der Waals surface area contributed by atoms with Crippen molar-refractivity contribution < 1.29 is 14.6 Å². The summed E-state index contributed by atoms with van der Waals surface area (Å²) in [5, 5.41) is 11.9. The van der Waals surface area contributed by atoms with Crippen LogP contribution in [0.1, 0.15) is 67.1 Å². The van der Waals surface area contributed by atoms with Gasteiger partial charge in [-0.3, -0.25) is 4.90 Å². The molecule has 5 nitrogen and oxygen atoms in total. The second-order valence-electron chi connectivity index (χ2n) is 10.1. The minimum Gasteiger partial charge on any atom is -0.415 e. The smallest absolute Gasteiger partial charge is 0.415 e. The number of ether oxygens (including phenoxy) is 1. The first-order valence-electron chi connectivity index (χ1n) is 13.2. The SMILES string of the molecule is C=CCC(=CCC(C)Cl)OC(=O)N1CCc2c([nH]c3ccc(Cl)cc23)C1c1ccc(CC(O)CC)cc1C. The summed E-state index contributed by atoms with van der Waals surface area (Å²) in [6, 6.07) is 11.7. The zero-order valence-electron chi connectivity index (χ0n) is 22.3. The van der Waals surface area contributed by atoms with Gasteiger partial charge in [-0.25, -0.2) is 4.79 Å². The number of aliphatic hydroxyl groups excluding tert-OH is 1. The molecule has 202 valence electrons. The molecule has 7 heteroatoms. The summed E-state index contributed by atoms with van der Waals surface area (Å²) in [5.74, 6) is 0.547. The van der Waals surface area contributed by atoms with Crippen LogP contribution in [-0.2, 0) is 17.6 Å². The van der Waals surface area contributed by atoms with Gasteiger partial charge < -0.3 is 14.8 Å². The second kappa shape index (κ2) is 12.4. The van der Waals surface area contributed by atoms with Crippen LogP contribution in [0, 0.1) is 6.92 Å². The lowest BCUT2D eigenvalue weighted by atomic mass is 9.89. The lowest BCUT2D eigenvalue weighted by Crippen LogP contribution is -2.41. The Bertz CT molecular complexity index is 1340. The standard InChI is InChI=1S/C31H36Cl2N2O3/c1-5-7-24(11-8-20(4)32)38-31(37)35-15-14-26-27-18-22(33)10-13-28(27)34-29(26)30(35)25-12-9-21(16-19(25)3)17-23(36)6-2/h5,9-13,16,18,20,23,30,34,36H,1,6-8,14-15,17H2,2-4H3. The first kappa shape index (κ1) is 28.3. The molecule has 1 aromatic heterocycles. The number of nitrogens with one attached hydrogen (secondary N) is 1. The number of fused-ring (bicyclic) bond motifs is 3. The van der Waals surface area contributed by atoms with E-state index >= 15 is 0 Å². The zero-order valence-corrected chi connectivity index (χ0v) is 23.8. The summed E-state index contributed by atoms with van der Waals surface area (Å²) >= 11 is 12.5. The van der Waals surface area contributed by atoms with Crippen molar-refractivity contribution in [2.24, 2.45) is 0 Å². The predicted octanol–water partition coefficient (Wildman–Crippen LogP) is 8.00. The van der Waals surface area contributed by atoms with Gasteiger partial charge in [-0.05, 0) is 86.1 Å². The molecule has 1 aliphatic heterocycles. The van der Waals surface area contributed by atoms with Crippen molar-refractivity contribution in [3.05, 3.63) is 93.9 Å². The van der Waals surface area contributed by atoms with Gasteiger partial charge in [0, 0.05) is 40.0 Å². The number of alkyl halides is 1. The number of benzene rings is 2. The quantitative estimate of drug-likeness (QED) is 0.160. The molecule has 0 fully saturated rings. The van der Waals surface area contributed by atoms with Gasteiger partial charge in [0.15, 0.2) is 0 Å². The number of carbonyl (C=O) groups is 1. The number of amides is 1. The number of allylic oxidation sites excluding steroid dienone is 2. The molecule has 4 rings (SSSR count). The predicted molar refractivity (Wildman–Crippen MR) is 156 cm³/mol. The van der Waals surface area contributed by atoms with Crippen molar-refractivity contribution in [3.63, 3.8) is 0 Å². The molecule has 0 radical (unpaired) electrons. The number of aryl methyl sites for hydroxylation is 1. The highest BCUT2D eigenvalue weighted by Crippen LogP contribution is 2.41. The summed E-state index contributed by atoms with van der Waals surface area (Å²) < 4.78 is 5.92. The number of H-pyrrole nitrogens is 1.